The fourth-order valence-electron chi connectivity index (χ4n) is 10.2. The van der Waals surface area contributed by atoms with E-state index in [2.05, 4.69) is 6.92 Å². The molecule has 12 atom stereocenters. The number of carbonyl (C=O) groups excluding carboxylic acids is 1. The summed E-state index contributed by atoms with van der Waals surface area (Å²) in [5.41, 5.74) is -2.02. The maximum absolute atomic E-state index is 12.6. The number of esters is 1. The topological polar surface area (TPSA) is 158 Å². The summed E-state index contributed by atoms with van der Waals surface area (Å²) in [6, 6.07) is 0. The summed E-state index contributed by atoms with van der Waals surface area (Å²) in [6.07, 6.45) is 7.02. The largest absolute Gasteiger partial charge is 0.458 e. The molecule has 5 fully saturated rings. The maximum atomic E-state index is 12.6. The molecule has 4 saturated carbocycles. The van der Waals surface area contributed by atoms with E-state index in [4.69, 9.17) is 19.2 Å². The van der Waals surface area contributed by atoms with Crippen molar-refractivity contribution in [2.24, 2.45) is 33.6 Å². The normalized spacial score (nSPS) is 50.6. The minimum Gasteiger partial charge on any atom is -0.458 e. The quantitative estimate of drug-likeness (QED) is 0.129. The van der Waals surface area contributed by atoms with Gasteiger partial charge in [-0.3, -0.25) is 4.99 Å². The van der Waals surface area contributed by atoms with Gasteiger partial charge < -0.3 is 39.7 Å². The first-order chi connectivity index (χ1) is 20.0. The molecular weight excluding hydrogens is 542 g/mol. The maximum Gasteiger partial charge on any atom is 0.331 e. The molecule has 0 aromatic rings. The van der Waals surface area contributed by atoms with Crippen molar-refractivity contribution in [3.05, 3.63) is 11.6 Å². The summed E-state index contributed by atoms with van der Waals surface area (Å²) in [5, 5.41) is 54.8. The van der Waals surface area contributed by atoms with Crippen molar-refractivity contribution in [1.82, 2.24) is 0 Å². The number of carbonyl (C=O) groups is 1. The molecule has 0 bridgehead atoms. The zero-order valence-corrected chi connectivity index (χ0v) is 25.0. The lowest BCUT2D eigenvalue weighted by Crippen LogP contribution is -2.69. The SMILES string of the molecule is C[C@H]1O[C@@H](O[C@H]2CC[C@]3(C=NCCCO)[C@H]4CC[C@]5(C)[C@@H](C6=CC(=O)OC6)CC[C@]5(O)[C@@H]4CC[C@]3(O)C2)C[C@H](O)[C@@H]1O. The first-order valence-electron chi connectivity index (χ1n) is 16.1. The second kappa shape index (κ2) is 11.2. The third-order valence-corrected chi connectivity index (χ3v) is 12.4. The molecule has 2 heterocycles. The van der Waals surface area contributed by atoms with Gasteiger partial charge in [0.2, 0.25) is 0 Å². The molecule has 0 aromatic heterocycles. The molecule has 4 aliphatic carbocycles. The van der Waals surface area contributed by atoms with Gasteiger partial charge >= 0.3 is 5.97 Å². The molecule has 2 aliphatic heterocycles. The zero-order chi connectivity index (χ0) is 29.9. The molecule has 236 valence electrons. The van der Waals surface area contributed by atoms with E-state index in [1.54, 1.807) is 13.0 Å². The molecule has 0 amide bonds. The van der Waals surface area contributed by atoms with E-state index in [9.17, 15) is 30.3 Å². The van der Waals surface area contributed by atoms with Crippen LogP contribution in [0.1, 0.15) is 84.5 Å². The average molecular weight is 592 g/mol. The second-order valence-electron chi connectivity index (χ2n) is 14.3. The summed E-state index contributed by atoms with van der Waals surface area (Å²) in [6.45, 7) is 4.75. The van der Waals surface area contributed by atoms with Gasteiger partial charge in [0.25, 0.3) is 0 Å². The van der Waals surface area contributed by atoms with Crippen LogP contribution in [0.5, 0.6) is 0 Å². The lowest BCUT2D eigenvalue weighted by molar-refractivity contribution is -0.282. The van der Waals surface area contributed by atoms with Gasteiger partial charge in [-0.25, -0.2) is 4.79 Å². The molecule has 10 nitrogen and oxygen atoms in total. The van der Waals surface area contributed by atoms with Gasteiger partial charge in [-0.15, -0.1) is 0 Å². The number of cyclic esters (lactones) is 1. The van der Waals surface area contributed by atoms with Crippen molar-refractivity contribution in [3.8, 4) is 0 Å². The number of aliphatic imine (C=N–C) groups is 1. The standard InChI is InChI=1S/C32H49NO9/c1-19-28(37)25(35)15-27(41-19)42-21-4-9-30(18-33-12-3-13-34)23-5-8-29(2)22(20-14-26(36)40-17-20)7-11-32(29,39)24(23)6-10-31(30,38)16-21/h14,18-19,21-25,27-28,34-35,37-39H,3-13,15-17H2,1-2H3/t19-,21+,22-,23+,24-,25+,27+,28-,29-,30+,31+,32+/m1/s1. The van der Waals surface area contributed by atoms with Crippen LogP contribution in [-0.2, 0) is 19.0 Å². The molecule has 1 saturated heterocycles. The molecule has 5 N–H and O–H groups in total. The van der Waals surface area contributed by atoms with Crippen molar-refractivity contribution < 1.29 is 44.5 Å². The monoisotopic (exact) mass is 591 g/mol. The van der Waals surface area contributed by atoms with Crippen LogP contribution in [0.2, 0.25) is 0 Å². The molecular formula is C32H49NO9. The number of fused-ring (bicyclic) bond motifs is 5. The van der Waals surface area contributed by atoms with Gasteiger partial charge in [0.05, 0.1) is 29.5 Å². The van der Waals surface area contributed by atoms with Crippen LogP contribution in [-0.4, -0.2) is 99.4 Å². The van der Waals surface area contributed by atoms with Gasteiger partial charge in [-0.05, 0) is 88.0 Å². The van der Waals surface area contributed by atoms with Crippen LogP contribution in [0, 0.1) is 28.6 Å². The number of nitrogens with zero attached hydrogens (tertiary/aromatic N) is 1. The average Bonchev–Trinajstić information content (AvgIpc) is 3.49. The fraction of sp³-hybridized carbons (Fsp3) is 0.875. The van der Waals surface area contributed by atoms with E-state index in [1.807, 2.05) is 6.21 Å². The summed E-state index contributed by atoms with van der Waals surface area (Å²) >= 11 is 0. The molecule has 0 radical (unpaired) electrons. The smallest absolute Gasteiger partial charge is 0.331 e. The molecule has 42 heavy (non-hydrogen) atoms. The van der Waals surface area contributed by atoms with Crippen LogP contribution in [0.25, 0.3) is 0 Å². The summed E-state index contributed by atoms with van der Waals surface area (Å²) < 4.78 is 17.4. The van der Waals surface area contributed by atoms with Crippen molar-refractivity contribution in [2.45, 2.75) is 126 Å². The van der Waals surface area contributed by atoms with Gasteiger partial charge in [-0.2, -0.15) is 0 Å². The molecule has 0 unspecified atom stereocenters. The fourth-order valence-corrected chi connectivity index (χ4v) is 10.2. The van der Waals surface area contributed by atoms with Crippen LogP contribution in [0.15, 0.2) is 16.6 Å². The van der Waals surface area contributed by atoms with E-state index < -0.39 is 41.2 Å². The van der Waals surface area contributed by atoms with Crippen molar-refractivity contribution in [2.75, 3.05) is 19.8 Å². The zero-order valence-electron chi connectivity index (χ0n) is 25.0. The Morgan fingerprint density at radius 1 is 1.10 bits per heavy atom. The van der Waals surface area contributed by atoms with Gasteiger partial charge in [0, 0.05) is 49.1 Å². The Hall–Kier alpha value is -1.40. The third kappa shape index (κ3) is 4.71. The number of rotatable bonds is 7. The molecule has 10 heteroatoms. The Bertz CT molecular complexity index is 1090. The highest BCUT2D eigenvalue weighted by atomic mass is 16.7. The Labute approximate surface area is 248 Å². The number of aliphatic hydroxyl groups excluding tert-OH is 3. The first-order valence-corrected chi connectivity index (χ1v) is 16.1. The highest BCUT2D eigenvalue weighted by molar-refractivity contribution is 5.85. The van der Waals surface area contributed by atoms with Crippen molar-refractivity contribution in [1.29, 1.82) is 0 Å². The van der Waals surface area contributed by atoms with Gasteiger partial charge in [0.1, 0.15) is 12.7 Å². The van der Waals surface area contributed by atoms with Gasteiger partial charge in [-0.1, -0.05) is 6.92 Å². The molecule has 0 spiro atoms. The predicted molar refractivity (Wildman–Crippen MR) is 152 cm³/mol. The summed E-state index contributed by atoms with van der Waals surface area (Å²) in [7, 11) is 0. The van der Waals surface area contributed by atoms with E-state index in [-0.39, 0.29) is 48.3 Å². The Balaban J connectivity index is 1.26. The van der Waals surface area contributed by atoms with Crippen LogP contribution < -0.4 is 0 Å². The van der Waals surface area contributed by atoms with E-state index >= 15 is 0 Å². The summed E-state index contributed by atoms with van der Waals surface area (Å²) in [5.74, 6) is -0.177. The minimum absolute atomic E-state index is 0.0129. The van der Waals surface area contributed by atoms with Crippen LogP contribution in [0.3, 0.4) is 0 Å². The Kier molecular flexibility index (Phi) is 8.16. The molecule has 6 rings (SSSR count). The van der Waals surface area contributed by atoms with Crippen LogP contribution in [0.4, 0.5) is 0 Å². The third-order valence-electron chi connectivity index (χ3n) is 12.4. The predicted octanol–water partition coefficient (Wildman–Crippen LogP) is 2.03. The van der Waals surface area contributed by atoms with E-state index in [1.165, 1.54) is 0 Å². The Morgan fingerprint density at radius 2 is 1.88 bits per heavy atom. The highest BCUT2D eigenvalue weighted by Gasteiger charge is 2.71. The number of ether oxygens (including phenoxy) is 3. The molecule has 0 aromatic carbocycles. The number of hydrogen-bond donors (Lipinski definition) is 5. The Morgan fingerprint density at radius 3 is 2.60 bits per heavy atom. The van der Waals surface area contributed by atoms with Crippen LogP contribution >= 0.6 is 0 Å². The number of aliphatic hydroxyl groups is 5. The number of hydrogen-bond acceptors (Lipinski definition) is 10. The lowest BCUT2D eigenvalue weighted by atomic mass is 9.41. The highest BCUT2D eigenvalue weighted by Crippen LogP contribution is 2.70. The van der Waals surface area contributed by atoms with E-state index in [0.717, 1.165) is 24.8 Å². The van der Waals surface area contributed by atoms with E-state index in [0.29, 0.717) is 58.1 Å². The van der Waals surface area contributed by atoms with Crippen molar-refractivity contribution in [3.63, 3.8) is 0 Å². The lowest BCUT2D eigenvalue weighted by Gasteiger charge is -2.66. The minimum atomic E-state index is -1.09. The summed E-state index contributed by atoms with van der Waals surface area (Å²) in [4.78, 5) is 16.7. The second-order valence-corrected chi connectivity index (χ2v) is 14.3. The first kappa shape index (κ1) is 30.6. The van der Waals surface area contributed by atoms with Crippen molar-refractivity contribution >= 4 is 12.2 Å². The molecule has 6 aliphatic rings. The van der Waals surface area contributed by atoms with Gasteiger partial charge in [0.15, 0.2) is 6.29 Å².